The molecule has 0 aliphatic heterocycles. The second-order valence-electron chi connectivity index (χ2n) is 5.30. The van der Waals surface area contributed by atoms with Gasteiger partial charge in [0, 0.05) is 0 Å². The van der Waals surface area contributed by atoms with Crippen LogP contribution in [-0.4, -0.2) is 30.2 Å². The molecule has 0 saturated heterocycles. The number of hydrogen-bond acceptors (Lipinski definition) is 7. The van der Waals surface area contributed by atoms with Crippen molar-refractivity contribution in [2.24, 2.45) is 0 Å². The average molecular weight is 405 g/mol. The van der Waals surface area contributed by atoms with E-state index in [-0.39, 0.29) is 39.9 Å². The third-order valence-corrected chi connectivity index (χ3v) is 3.78. The zero-order valence-electron chi connectivity index (χ0n) is 14.8. The Bertz CT molecular complexity index is 993. The van der Waals surface area contributed by atoms with Crippen molar-refractivity contribution in [1.29, 1.82) is 0 Å². The van der Waals surface area contributed by atoms with Crippen LogP contribution in [0, 0.1) is 5.82 Å². The predicted molar refractivity (Wildman–Crippen MR) is 98.0 cm³/mol. The first-order valence-electron chi connectivity index (χ1n) is 7.91. The number of aromatic nitrogens is 2. The lowest BCUT2D eigenvalue weighted by atomic mass is 10.2. The molecule has 0 aliphatic rings. The summed E-state index contributed by atoms with van der Waals surface area (Å²) >= 11 is 5.90. The first-order valence-corrected chi connectivity index (χ1v) is 8.29. The average Bonchev–Trinajstić information content (AvgIpc) is 2.70. The minimum absolute atomic E-state index is 0.0159. The Hall–Kier alpha value is -3.39. The van der Waals surface area contributed by atoms with Crippen molar-refractivity contribution in [2.75, 3.05) is 14.2 Å². The van der Waals surface area contributed by atoms with Gasteiger partial charge in [0.15, 0.2) is 0 Å². The molecule has 144 valence electrons. The third kappa shape index (κ3) is 4.47. The number of ether oxygens (including phenoxy) is 4. The SMILES string of the molecule is COc1cc(OC)nc(Oc2ccccc2C(=O)Oc2ccc(F)cc2Cl)n1. The van der Waals surface area contributed by atoms with Crippen LogP contribution in [0.25, 0.3) is 0 Å². The fourth-order valence-electron chi connectivity index (χ4n) is 2.17. The molecule has 1 aromatic heterocycles. The van der Waals surface area contributed by atoms with Gasteiger partial charge in [0.1, 0.15) is 22.9 Å². The zero-order valence-corrected chi connectivity index (χ0v) is 15.6. The van der Waals surface area contributed by atoms with Crippen molar-refractivity contribution in [1.82, 2.24) is 9.97 Å². The molecule has 9 heteroatoms. The van der Waals surface area contributed by atoms with Gasteiger partial charge >= 0.3 is 12.0 Å². The highest BCUT2D eigenvalue weighted by atomic mass is 35.5. The summed E-state index contributed by atoms with van der Waals surface area (Å²) in [6.45, 7) is 0. The standard InChI is InChI=1S/C19H14ClFN2O5/c1-25-16-10-17(26-2)23-19(22-16)28-14-6-4-3-5-12(14)18(24)27-15-8-7-11(21)9-13(15)20/h3-10H,1-2H3. The summed E-state index contributed by atoms with van der Waals surface area (Å²) in [5, 5.41) is -0.0346. The van der Waals surface area contributed by atoms with Crippen LogP contribution in [0.2, 0.25) is 5.02 Å². The molecule has 0 saturated carbocycles. The Morgan fingerprint density at radius 1 is 0.964 bits per heavy atom. The number of para-hydroxylation sites is 1. The highest BCUT2D eigenvalue weighted by molar-refractivity contribution is 6.32. The second kappa shape index (κ2) is 8.53. The lowest BCUT2D eigenvalue weighted by molar-refractivity contribution is 0.0732. The van der Waals surface area contributed by atoms with E-state index in [0.29, 0.717) is 0 Å². The van der Waals surface area contributed by atoms with Crippen LogP contribution in [0.5, 0.6) is 29.3 Å². The molecule has 7 nitrogen and oxygen atoms in total. The molecule has 3 aromatic rings. The number of carbonyl (C=O) groups is 1. The van der Waals surface area contributed by atoms with Gasteiger partial charge < -0.3 is 18.9 Å². The summed E-state index contributed by atoms with van der Waals surface area (Å²) in [5.74, 6) is -0.695. The van der Waals surface area contributed by atoms with Crippen molar-refractivity contribution in [3.8, 4) is 29.3 Å². The molecule has 3 rings (SSSR count). The van der Waals surface area contributed by atoms with E-state index in [4.69, 9.17) is 30.5 Å². The van der Waals surface area contributed by atoms with E-state index in [0.717, 1.165) is 12.1 Å². The van der Waals surface area contributed by atoms with Crippen LogP contribution in [-0.2, 0) is 0 Å². The molecule has 0 fully saturated rings. The first kappa shape index (κ1) is 19.4. The van der Waals surface area contributed by atoms with E-state index >= 15 is 0 Å². The number of hydrogen-bond donors (Lipinski definition) is 0. The highest BCUT2D eigenvalue weighted by Crippen LogP contribution is 2.29. The molecule has 28 heavy (non-hydrogen) atoms. The molecule has 0 spiro atoms. The Labute approximate surface area is 164 Å². The lowest BCUT2D eigenvalue weighted by Crippen LogP contribution is -2.10. The summed E-state index contributed by atoms with van der Waals surface area (Å²) in [6.07, 6.45) is 0. The summed E-state index contributed by atoms with van der Waals surface area (Å²) in [4.78, 5) is 20.7. The van der Waals surface area contributed by atoms with Crippen LogP contribution in [0.1, 0.15) is 10.4 Å². The van der Waals surface area contributed by atoms with E-state index in [9.17, 15) is 9.18 Å². The zero-order chi connectivity index (χ0) is 20.1. The van der Waals surface area contributed by atoms with Crippen LogP contribution in [0.4, 0.5) is 4.39 Å². The molecule has 0 unspecified atom stereocenters. The molecule has 0 atom stereocenters. The van der Waals surface area contributed by atoms with E-state index in [1.54, 1.807) is 12.1 Å². The molecule has 0 amide bonds. The monoisotopic (exact) mass is 404 g/mol. The maximum absolute atomic E-state index is 13.2. The van der Waals surface area contributed by atoms with Crippen LogP contribution in [0.3, 0.4) is 0 Å². The Morgan fingerprint density at radius 3 is 2.29 bits per heavy atom. The van der Waals surface area contributed by atoms with Crippen molar-refractivity contribution < 1.29 is 28.1 Å². The minimum Gasteiger partial charge on any atom is -0.481 e. The normalized spacial score (nSPS) is 10.3. The molecule has 0 radical (unpaired) electrons. The highest BCUT2D eigenvalue weighted by Gasteiger charge is 2.18. The van der Waals surface area contributed by atoms with E-state index in [1.807, 2.05) is 0 Å². The van der Waals surface area contributed by atoms with Gasteiger partial charge in [-0.1, -0.05) is 23.7 Å². The number of esters is 1. The van der Waals surface area contributed by atoms with Gasteiger partial charge in [-0.2, -0.15) is 9.97 Å². The van der Waals surface area contributed by atoms with Crippen LogP contribution in [0.15, 0.2) is 48.5 Å². The Kier molecular flexibility index (Phi) is 5.90. The van der Waals surface area contributed by atoms with E-state index in [1.165, 1.54) is 38.5 Å². The topological polar surface area (TPSA) is 79.8 Å². The molecule has 0 aliphatic carbocycles. The van der Waals surface area contributed by atoms with Crippen molar-refractivity contribution in [3.05, 3.63) is 64.9 Å². The molecular weight excluding hydrogens is 391 g/mol. The maximum Gasteiger partial charge on any atom is 0.347 e. The van der Waals surface area contributed by atoms with Gasteiger partial charge in [0.2, 0.25) is 11.8 Å². The Balaban J connectivity index is 1.88. The molecule has 2 aromatic carbocycles. The third-order valence-electron chi connectivity index (χ3n) is 3.48. The van der Waals surface area contributed by atoms with Gasteiger partial charge in [0.05, 0.1) is 25.3 Å². The van der Waals surface area contributed by atoms with Crippen molar-refractivity contribution in [3.63, 3.8) is 0 Å². The van der Waals surface area contributed by atoms with Gasteiger partial charge in [-0.25, -0.2) is 9.18 Å². The molecular formula is C19H14ClFN2O5. The number of benzene rings is 2. The number of nitrogens with zero attached hydrogens (tertiary/aromatic N) is 2. The van der Waals surface area contributed by atoms with Crippen LogP contribution < -0.4 is 18.9 Å². The fraction of sp³-hybridized carbons (Fsp3) is 0.105. The number of rotatable bonds is 6. The summed E-state index contributed by atoms with van der Waals surface area (Å²) in [5.41, 5.74) is 0.0910. The van der Waals surface area contributed by atoms with Gasteiger partial charge in [-0.15, -0.1) is 0 Å². The smallest absolute Gasteiger partial charge is 0.347 e. The minimum atomic E-state index is -0.751. The lowest BCUT2D eigenvalue weighted by Gasteiger charge is -2.11. The van der Waals surface area contributed by atoms with Crippen molar-refractivity contribution in [2.45, 2.75) is 0 Å². The number of halogens is 2. The summed E-state index contributed by atoms with van der Waals surface area (Å²) in [7, 11) is 2.87. The fourth-order valence-corrected chi connectivity index (χ4v) is 2.38. The largest absolute Gasteiger partial charge is 0.481 e. The van der Waals surface area contributed by atoms with Gasteiger partial charge in [-0.05, 0) is 30.3 Å². The molecule has 0 bridgehead atoms. The maximum atomic E-state index is 13.2. The van der Waals surface area contributed by atoms with E-state index in [2.05, 4.69) is 9.97 Å². The predicted octanol–water partition coefficient (Wildman–Crippen LogP) is 4.30. The second-order valence-corrected chi connectivity index (χ2v) is 5.70. The quantitative estimate of drug-likeness (QED) is 0.447. The van der Waals surface area contributed by atoms with Crippen molar-refractivity contribution >= 4 is 17.6 Å². The van der Waals surface area contributed by atoms with Crippen LogP contribution >= 0.6 is 11.6 Å². The molecule has 1 heterocycles. The van der Waals surface area contributed by atoms with E-state index < -0.39 is 11.8 Å². The summed E-state index contributed by atoms with van der Waals surface area (Å²) in [6, 6.07) is 11.1. The van der Waals surface area contributed by atoms with Gasteiger partial charge in [0.25, 0.3) is 0 Å². The summed E-state index contributed by atoms with van der Waals surface area (Å²) < 4.78 is 34.2. The first-order chi connectivity index (χ1) is 13.5. The van der Waals surface area contributed by atoms with Gasteiger partial charge in [-0.3, -0.25) is 0 Å². The number of methoxy groups -OCH3 is 2. The Morgan fingerprint density at radius 2 is 1.64 bits per heavy atom. The number of carbonyl (C=O) groups excluding carboxylic acids is 1. The molecule has 0 N–H and O–H groups in total.